The molecule has 9 heteroatoms. The van der Waals surface area contributed by atoms with Crippen LogP contribution in [0.25, 0.3) is 0 Å². The van der Waals surface area contributed by atoms with E-state index in [2.05, 4.69) is 29.8 Å². The summed E-state index contributed by atoms with van der Waals surface area (Å²) in [5.74, 6) is 1.24. The Morgan fingerprint density at radius 3 is 1.80 bits per heavy atom. The standard InChI is InChI=1S/C11H11Cl2N7/c12-8-16-9(13)18-11(17-8)20-6-4-19(5-7-20)10-14-2-1-3-15-10/h1-3H,4-7H2. The minimum Gasteiger partial charge on any atom is -0.337 e. The van der Waals surface area contributed by atoms with Gasteiger partial charge in [0.15, 0.2) is 0 Å². The topological polar surface area (TPSA) is 70.9 Å². The molecule has 0 saturated carbocycles. The molecule has 0 spiro atoms. The van der Waals surface area contributed by atoms with Crippen molar-refractivity contribution in [1.82, 2.24) is 24.9 Å². The van der Waals surface area contributed by atoms with Gasteiger partial charge in [0.1, 0.15) is 0 Å². The number of hydrogen-bond acceptors (Lipinski definition) is 7. The lowest BCUT2D eigenvalue weighted by molar-refractivity contribution is 0.626. The zero-order chi connectivity index (χ0) is 13.9. The lowest BCUT2D eigenvalue weighted by Crippen LogP contribution is -2.47. The summed E-state index contributed by atoms with van der Waals surface area (Å²) in [6, 6.07) is 1.80. The molecule has 3 heterocycles. The summed E-state index contributed by atoms with van der Waals surface area (Å²) in [5.41, 5.74) is 0. The molecule has 1 fully saturated rings. The molecule has 20 heavy (non-hydrogen) atoms. The van der Waals surface area contributed by atoms with Crippen LogP contribution in [0.1, 0.15) is 0 Å². The SMILES string of the molecule is Clc1nc(Cl)nc(N2CCN(c3ncccn3)CC2)n1. The van der Waals surface area contributed by atoms with E-state index in [0.29, 0.717) is 5.95 Å². The summed E-state index contributed by atoms with van der Waals surface area (Å²) >= 11 is 11.6. The number of nitrogens with zero attached hydrogens (tertiary/aromatic N) is 7. The lowest BCUT2D eigenvalue weighted by Gasteiger charge is -2.34. The van der Waals surface area contributed by atoms with Crippen molar-refractivity contribution in [2.75, 3.05) is 36.0 Å². The zero-order valence-corrected chi connectivity index (χ0v) is 12.0. The van der Waals surface area contributed by atoms with Crippen LogP contribution in [0, 0.1) is 0 Å². The highest BCUT2D eigenvalue weighted by Crippen LogP contribution is 2.17. The van der Waals surface area contributed by atoms with Crippen molar-refractivity contribution in [3.8, 4) is 0 Å². The van der Waals surface area contributed by atoms with E-state index in [1.54, 1.807) is 18.5 Å². The van der Waals surface area contributed by atoms with Crippen molar-refractivity contribution < 1.29 is 0 Å². The first-order valence-corrected chi connectivity index (χ1v) is 6.82. The van der Waals surface area contributed by atoms with Crippen molar-refractivity contribution in [3.63, 3.8) is 0 Å². The molecule has 104 valence electrons. The maximum absolute atomic E-state index is 5.79. The van der Waals surface area contributed by atoms with Crippen LogP contribution in [0.15, 0.2) is 18.5 Å². The fraction of sp³-hybridized carbons (Fsp3) is 0.364. The maximum Gasteiger partial charge on any atom is 0.231 e. The van der Waals surface area contributed by atoms with Crippen LogP contribution < -0.4 is 9.80 Å². The predicted octanol–water partition coefficient (Wildman–Crippen LogP) is 1.29. The second-order valence-electron chi connectivity index (χ2n) is 4.20. The molecule has 0 radical (unpaired) electrons. The Hall–Kier alpha value is -1.73. The third-order valence-electron chi connectivity index (χ3n) is 2.97. The van der Waals surface area contributed by atoms with Crippen molar-refractivity contribution in [3.05, 3.63) is 29.0 Å². The Morgan fingerprint density at radius 1 is 0.750 bits per heavy atom. The van der Waals surface area contributed by atoms with Gasteiger partial charge in [-0.1, -0.05) is 0 Å². The summed E-state index contributed by atoms with van der Waals surface area (Å²) in [5, 5.41) is 0.211. The van der Waals surface area contributed by atoms with Gasteiger partial charge in [0.25, 0.3) is 0 Å². The van der Waals surface area contributed by atoms with E-state index in [-0.39, 0.29) is 10.6 Å². The van der Waals surface area contributed by atoms with Crippen molar-refractivity contribution in [2.45, 2.75) is 0 Å². The number of aromatic nitrogens is 5. The third kappa shape index (κ3) is 2.88. The van der Waals surface area contributed by atoms with E-state index in [1.165, 1.54) is 0 Å². The van der Waals surface area contributed by atoms with Crippen LogP contribution in [0.2, 0.25) is 10.6 Å². The molecule has 7 nitrogen and oxygen atoms in total. The van der Waals surface area contributed by atoms with E-state index in [4.69, 9.17) is 23.2 Å². The van der Waals surface area contributed by atoms with Crippen LogP contribution >= 0.6 is 23.2 Å². The highest BCUT2D eigenvalue weighted by molar-refractivity contribution is 6.31. The Morgan fingerprint density at radius 2 is 1.25 bits per heavy atom. The maximum atomic E-state index is 5.79. The van der Waals surface area contributed by atoms with Gasteiger partial charge >= 0.3 is 0 Å². The molecule has 1 saturated heterocycles. The summed E-state index contributed by atoms with van der Waals surface area (Å²) in [6.45, 7) is 3.06. The van der Waals surface area contributed by atoms with E-state index in [0.717, 1.165) is 32.1 Å². The average molecular weight is 312 g/mol. The largest absolute Gasteiger partial charge is 0.337 e. The molecule has 3 rings (SSSR count). The molecule has 2 aromatic heterocycles. The van der Waals surface area contributed by atoms with Crippen LogP contribution in [0.4, 0.5) is 11.9 Å². The van der Waals surface area contributed by atoms with Crippen LogP contribution in [-0.2, 0) is 0 Å². The number of hydrogen-bond donors (Lipinski definition) is 0. The minimum atomic E-state index is 0.105. The normalized spacial score (nSPS) is 15.5. The molecule has 0 unspecified atom stereocenters. The molecule has 0 atom stereocenters. The fourth-order valence-corrected chi connectivity index (χ4v) is 2.37. The van der Waals surface area contributed by atoms with Crippen LogP contribution in [0.5, 0.6) is 0 Å². The van der Waals surface area contributed by atoms with Gasteiger partial charge in [0.05, 0.1) is 0 Å². The Kier molecular flexibility index (Phi) is 3.79. The number of rotatable bonds is 2. The molecule has 0 aliphatic carbocycles. The second kappa shape index (κ2) is 5.72. The van der Waals surface area contributed by atoms with Crippen molar-refractivity contribution >= 4 is 35.1 Å². The van der Waals surface area contributed by atoms with E-state index >= 15 is 0 Å². The minimum absolute atomic E-state index is 0.105. The van der Waals surface area contributed by atoms with Crippen molar-refractivity contribution in [2.24, 2.45) is 0 Å². The molecule has 1 aliphatic heterocycles. The molecule has 2 aromatic rings. The van der Waals surface area contributed by atoms with E-state index < -0.39 is 0 Å². The van der Waals surface area contributed by atoms with Gasteiger partial charge < -0.3 is 9.80 Å². The molecule has 0 N–H and O–H groups in total. The first-order chi connectivity index (χ1) is 9.72. The predicted molar refractivity (Wildman–Crippen MR) is 76.3 cm³/mol. The quantitative estimate of drug-likeness (QED) is 0.827. The summed E-state index contributed by atoms with van der Waals surface area (Å²) in [6.07, 6.45) is 3.47. The fourth-order valence-electron chi connectivity index (χ4n) is 2.02. The monoisotopic (exact) mass is 311 g/mol. The molecule has 0 bridgehead atoms. The van der Waals surface area contributed by atoms with E-state index in [1.807, 2.05) is 4.90 Å². The Bertz CT molecular complexity index is 566. The molecule has 0 aromatic carbocycles. The van der Waals surface area contributed by atoms with Gasteiger partial charge in [0.2, 0.25) is 22.5 Å². The Labute approximate surface area is 125 Å². The van der Waals surface area contributed by atoms with Gasteiger partial charge in [-0.05, 0) is 29.3 Å². The summed E-state index contributed by atoms with van der Waals surface area (Å²) in [7, 11) is 0. The van der Waals surface area contributed by atoms with Crippen molar-refractivity contribution in [1.29, 1.82) is 0 Å². The Balaban J connectivity index is 1.69. The molecular weight excluding hydrogens is 301 g/mol. The van der Waals surface area contributed by atoms with Gasteiger partial charge in [-0.3, -0.25) is 0 Å². The number of anilines is 2. The summed E-state index contributed by atoms with van der Waals surface area (Å²) < 4.78 is 0. The second-order valence-corrected chi connectivity index (χ2v) is 4.87. The smallest absolute Gasteiger partial charge is 0.231 e. The first-order valence-electron chi connectivity index (χ1n) is 6.06. The van der Waals surface area contributed by atoms with Gasteiger partial charge in [-0.15, -0.1) is 0 Å². The lowest BCUT2D eigenvalue weighted by atomic mass is 10.3. The van der Waals surface area contributed by atoms with Gasteiger partial charge in [0, 0.05) is 38.6 Å². The highest BCUT2D eigenvalue weighted by Gasteiger charge is 2.21. The average Bonchev–Trinajstić information content (AvgIpc) is 2.47. The molecular formula is C11H11Cl2N7. The summed E-state index contributed by atoms with van der Waals surface area (Å²) in [4.78, 5) is 24.5. The number of piperazine rings is 1. The van der Waals surface area contributed by atoms with Gasteiger partial charge in [-0.25, -0.2) is 9.97 Å². The number of halogens is 2. The van der Waals surface area contributed by atoms with Crippen LogP contribution in [-0.4, -0.2) is 51.1 Å². The highest BCUT2D eigenvalue weighted by atomic mass is 35.5. The zero-order valence-electron chi connectivity index (χ0n) is 10.4. The first kappa shape index (κ1) is 13.3. The molecule has 1 aliphatic rings. The third-order valence-corrected chi connectivity index (χ3v) is 3.30. The van der Waals surface area contributed by atoms with Crippen LogP contribution in [0.3, 0.4) is 0 Å². The van der Waals surface area contributed by atoms with Gasteiger partial charge in [-0.2, -0.15) is 15.0 Å². The molecule has 0 amide bonds. The van der Waals surface area contributed by atoms with E-state index in [9.17, 15) is 0 Å².